The van der Waals surface area contributed by atoms with Crippen LogP contribution in [0, 0.1) is 0 Å². The van der Waals surface area contributed by atoms with Crippen LogP contribution in [-0.4, -0.2) is 60.2 Å². The highest BCUT2D eigenvalue weighted by Gasteiger charge is 2.50. The Labute approximate surface area is 197 Å². The lowest BCUT2D eigenvalue weighted by atomic mass is 9.92. The van der Waals surface area contributed by atoms with Gasteiger partial charge in [0.2, 0.25) is 5.91 Å². The van der Waals surface area contributed by atoms with Gasteiger partial charge in [0.15, 0.2) is 9.84 Å². The Morgan fingerprint density at radius 3 is 2.42 bits per heavy atom. The van der Waals surface area contributed by atoms with E-state index in [-0.39, 0.29) is 18.1 Å². The number of nitrogens with zero attached hydrogens (tertiary/aromatic N) is 2. The number of benzene rings is 2. The van der Waals surface area contributed by atoms with Crippen molar-refractivity contribution < 1.29 is 22.8 Å². The predicted molar refractivity (Wildman–Crippen MR) is 123 cm³/mol. The summed E-state index contributed by atoms with van der Waals surface area (Å²) in [6, 6.07) is 14.6. The molecule has 33 heavy (non-hydrogen) atoms. The highest BCUT2D eigenvalue weighted by atomic mass is 35.5. The summed E-state index contributed by atoms with van der Waals surface area (Å²) in [4.78, 5) is 41.6. The van der Waals surface area contributed by atoms with Crippen molar-refractivity contribution in [1.82, 2.24) is 15.1 Å². The van der Waals surface area contributed by atoms with Gasteiger partial charge in [-0.15, -0.1) is 0 Å². The molecular formula is C23H24ClN3O5S. The van der Waals surface area contributed by atoms with Crippen LogP contribution in [0.3, 0.4) is 0 Å². The second-order valence-electron chi connectivity index (χ2n) is 8.52. The molecule has 2 saturated heterocycles. The number of hydrogen-bond acceptors (Lipinski definition) is 5. The average molecular weight is 490 g/mol. The van der Waals surface area contributed by atoms with Crippen LogP contribution >= 0.6 is 11.6 Å². The number of carbonyl (C=O) groups excluding carboxylic acids is 3. The molecule has 4 rings (SSSR count). The zero-order valence-corrected chi connectivity index (χ0v) is 19.6. The first-order valence-corrected chi connectivity index (χ1v) is 12.7. The third kappa shape index (κ3) is 4.74. The van der Waals surface area contributed by atoms with Crippen molar-refractivity contribution in [2.24, 2.45) is 0 Å². The SMILES string of the molecule is C[C@]1(c2ccc(Cl)cc2)NC(=O)N(CC(=O)N(Cc2ccccc2)[C@@H]2CCS(=O)(=O)C2)C1=O. The van der Waals surface area contributed by atoms with E-state index < -0.39 is 45.8 Å². The normalized spacial score (nSPS) is 24.1. The Balaban J connectivity index is 1.56. The van der Waals surface area contributed by atoms with E-state index >= 15 is 0 Å². The fraction of sp³-hybridized carbons (Fsp3) is 0.348. The van der Waals surface area contributed by atoms with Gasteiger partial charge in [0.25, 0.3) is 5.91 Å². The van der Waals surface area contributed by atoms with Crippen molar-refractivity contribution in [3.63, 3.8) is 0 Å². The van der Waals surface area contributed by atoms with Gasteiger partial charge in [-0.05, 0) is 36.6 Å². The van der Waals surface area contributed by atoms with Crippen LogP contribution in [0.4, 0.5) is 4.79 Å². The van der Waals surface area contributed by atoms with E-state index in [0.717, 1.165) is 10.5 Å². The Bertz CT molecular complexity index is 1190. The second-order valence-corrected chi connectivity index (χ2v) is 11.2. The molecule has 2 heterocycles. The van der Waals surface area contributed by atoms with Crippen molar-refractivity contribution in [1.29, 1.82) is 0 Å². The molecule has 0 spiro atoms. The maximum absolute atomic E-state index is 13.3. The van der Waals surface area contributed by atoms with Crippen LogP contribution in [0.15, 0.2) is 54.6 Å². The monoisotopic (exact) mass is 489 g/mol. The maximum atomic E-state index is 13.3. The van der Waals surface area contributed by atoms with E-state index in [1.54, 1.807) is 31.2 Å². The van der Waals surface area contributed by atoms with E-state index in [1.165, 1.54) is 4.90 Å². The molecule has 0 saturated carbocycles. The zero-order valence-electron chi connectivity index (χ0n) is 18.0. The summed E-state index contributed by atoms with van der Waals surface area (Å²) in [7, 11) is -3.24. The van der Waals surface area contributed by atoms with Gasteiger partial charge in [0.1, 0.15) is 12.1 Å². The first-order chi connectivity index (χ1) is 15.6. The lowest BCUT2D eigenvalue weighted by Crippen LogP contribution is -2.48. The molecule has 2 fully saturated rings. The molecule has 0 aromatic heterocycles. The first-order valence-electron chi connectivity index (χ1n) is 10.5. The molecule has 2 aliphatic rings. The van der Waals surface area contributed by atoms with Gasteiger partial charge in [-0.1, -0.05) is 54.1 Å². The van der Waals surface area contributed by atoms with Gasteiger partial charge in [0, 0.05) is 17.6 Å². The molecule has 10 heteroatoms. The standard InChI is InChI=1S/C23H24ClN3O5S/c1-23(17-7-9-18(24)10-8-17)21(29)27(22(30)25-23)14-20(28)26(13-16-5-3-2-4-6-16)19-11-12-33(31,32)15-19/h2-10,19H,11-15H2,1H3,(H,25,30)/t19-,23-/m1/s1. The van der Waals surface area contributed by atoms with Crippen LogP contribution in [0.25, 0.3) is 0 Å². The maximum Gasteiger partial charge on any atom is 0.325 e. The highest BCUT2D eigenvalue weighted by Crippen LogP contribution is 2.30. The van der Waals surface area contributed by atoms with Crippen molar-refractivity contribution in [2.75, 3.05) is 18.1 Å². The Kier molecular flexibility index (Phi) is 6.20. The summed E-state index contributed by atoms with van der Waals surface area (Å²) in [6.45, 7) is 1.29. The molecule has 1 N–H and O–H groups in total. The van der Waals surface area contributed by atoms with Crippen LogP contribution in [0.2, 0.25) is 5.02 Å². The van der Waals surface area contributed by atoms with Crippen LogP contribution in [0.1, 0.15) is 24.5 Å². The number of carbonyl (C=O) groups is 3. The molecule has 0 radical (unpaired) electrons. The van der Waals surface area contributed by atoms with Gasteiger partial charge < -0.3 is 10.2 Å². The van der Waals surface area contributed by atoms with Gasteiger partial charge in [-0.3, -0.25) is 14.5 Å². The molecule has 2 atom stereocenters. The fourth-order valence-corrected chi connectivity index (χ4v) is 6.12. The van der Waals surface area contributed by atoms with Gasteiger partial charge >= 0.3 is 6.03 Å². The molecular weight excluding hydrogens is 466 g/mol. The Morgan fingerprint density at radius 2 is 1.82 bits per heavy atom. The number of nitrogens with one attached hydrogen (secondary N) is 1. The molecule has 2 aliphatic heterocycles. The molecule has 4 amide bonds. The average Bonchev–Trinajstić information content (AvgIpc) is 3.24. The minimum Gasteiger partial charge on any atom is -0.333 e. The molecule has 0 aliphatic carbocycles. The van der Waals surface area contributed by atoms with Gasteiger partial charge in [-0.2, -0.15) is 0 Å². The van der Waals surface area contributed by atoms with Crippen molar-refractivity contribution in [2.45, 2.75) is 31.5 Å². The molecule has 2 aromatic carbocycles. The molecule has 174 valence electrons. The molecule has 2 aromatic rings. The minimum atomic E-state index is -3.24. The van der Waals surface area contributed by atoms with E-state index in [9.17, 15) is 22.8 Å². The summed E-state index contributed by atoms with van der Waals surface area (Å²) < 4.78 is 24.1. The third-order valence-corrected chi connectivity index (χ3v) is 8.16. The number of sulfone groups is 1. The van der Waals surface area contributed by atoms with E-state index in [2.05, 4.69) is 5.32 Å². The highest BCUT2D eigenvalue weighted by molar-refractivity contribution is 7.91. The molecule has 0 unspecified atom stereocenters. The zero-order chi connectivity index (χ0) is 23.8. The van der Waals surface area contributed by atoms with Crippen molar-refractivity contribution >= 4 is 39.3 Å². The molecule has 0 bridgehead atoms. The summed E-state index contributed by atoms with van der Waals surface area (Å²) in [5.41, 5.74) is 0.0460. The quantitative estimate of drug-likeness (QED) is 0.627. The largest absolute Gasteiger partial charge is 0.333 e. The van der Waals surface area contributed by atoms with Crippen molar-refractivity contribution in [3.05, 3.63) is 70.7 Å². The fourth-order valence-electron chi connectivity index (χ4n) is 4.27. The first kappa shape index (κ1) is 23.3. The number of urea groups is 1. The number of hydrogen-bond donors (Lipinski definition) is 1. The minimum absolute atomic E-state index is 0.00794. The Morgan fingerprint density at radius 1 is 1.15 bits per heavy atom. The van der Waals surface area contributed by atoms with E-state index in [1.807, 2.05) is 30.3 Å². The number of rotatable bonds is 6. The Hall–Kier alpha value is -2.91. The van der Waals surface area contributed by atoms with Crippen LogP contribution < -0.4 is 5.32 Å². The van der Waals surface area contributed by atoms with E-state index in [0.29, 0.717) is 17.0 Å². The number of amides is 4. The predicted octanol–water partition coefficient (Wildman–Crippen LogP) is 2.32. The van der Waals surface area contributed by atoms with E-state index in [4.69, 9.17) is 11.6 Å². The molecule has 8 nitrogen and oxygen atoms in total. The number of imide groups is 1. The lowest BCUT2D eigenvalue weighted by Gasteiger charge is -2.30. The summed E-state index contributed by atoms with van der Waals surface area (Å²) >= 11 is 5.93. The van der Waals surface area contributed by atoms with Crippen molar-refractivity contribution in [3.8, 4) is 0 Å². The summed E-state index contributed by atoms with van der Waals surface area (Å²) in [6.07, 6.45) is 0.323. The van der Waals surface area contributed by atoms with Gasteiger partial charge in [-0.25, -0.2) is 13.2 Å². The smallest absolute Gasteiger partial charge is 0.325 e. The topological polar surface area (TPSA) is 104 Å². The summed E-state index contributed by atoms with van der Waals surface area (Å²) in [5, 5.41) is 3.16. The summed E-state index contributed by atoms with van der Waals surface area (Å²) in [5.74, 6) is -1.16. The lowest BCUT2D eigenvalue weighted by molar-refractivity contribution is -0.140. The van der Waals surface area contributed by atoms with Crippen LogP contribution in [-0.2, 0) is 31.5 Å². The van der Waals surface area contributed by atoms with Gasteiger partial charge in [0.05, 0.1) is 11.5 Å². The second kappa shape index (κ2) is 8.79. The number of halogens is 1. The van der Waals surface area contributed by atoms with Crippen LogP contribution in [0.5, 0.6) is 0 Å². The third-order valence-electron chi connectivity index (χ3n) is 6.16.